The summed E-state index contributed by atoms with van der Waals surface area (Å²) in [4.78, 5) is 0. The summed E-state index contributed by atoms with van der Waals surface area (Å²) >= 11 is 14.5. The molecule has 0 radical (unpaired) electrons. The second-order valence-corrected chi connectivity index (χ2v) is 8.01. The molecule has 0 saturated carbocycles. The number of alkyl halides is 3. The van der Waals surface area contributed by atoms with Crippen molar-refractivity contribution in [1.29, 1.82) is 0 Å². The van der Waals surface area contributed by atoms with E-state index in [2.05, 4.69) is 36.3 Å². The lowest BCUT2D eigenvalue weighted by molar-refractivity contribution is -0.141. The molecule has 0 bridgehead atoms. The van der Waals surface area contributed by atoms with Crippen LogP contribution in [0.2, 0.25) is 5.02 Å². The molecule has 0 saturated heterocycles. The van der Waals surface area contributed by atoms with Crippen LogP contribution >= 0.6 is 39.7 Å². The van der Waals surface area contributed by atoms with Crippen LogP contribution in [0.15, 0.2) is 64.2 Å². The van der Waals surface area contributed by atoms with Crippen LogP contribution in [0.4, 0.5) is 13.2 Å². The topological polar surface area (TPSA) is 63.8 Å². The highest BCUT2D eigenvalue weighted by molar-refractivity contribution is 9.10. The Morgan fingerprint density at radius 3 is 2.42 bits per heavy atom. The van der Waals surface area contributed by atoms with Gasteiger partial charge < -0.3 is 0 Å². The average molecular weight is 528 g/mol. The molecule has 2 heterocycles. The minimum atomic E-state index is -4.65. The van der Waals surface area contributed by atoms with Gasteiger partial charge in [-0.25, -0.2) is 5.10 Å². The molecular weight excluding hydrogens is 517 g/mol. The van der Waals surface area contributed by atoms with Gasteiger partial charge in [0.15, 0.2) is 5.69 Å². The summed E-state index contributed by atoms with van der Waals surface area (Å²) in [5, 5.41) is 15.0. The molecule has 12 heteroatoms. The maximum Gasteiger partial charge on any atom is 0.435 e. The molecule has 31 heavy (non-hydrogen) atoms. The third-order valence-electron chi connectivity index (χ3n) is 4.15. The zero-order valence-electron chi connectivity index (χ0n) is 15.3. The van der Waals surface area contributed by atoms with E-state index < -0.39 is 11.9 Å². The molecule has 4 aromatic rings. The predicted molar refractivity (Wildman–Crippen MR) is 117 cm³/mol. The number of hydrogen-bond acceptors (Lipinski definition) is 4. The summed E-state index contributed by atoms with van der Waals surface area (Å²) in [6.45, 7) is 0. The first-order chi connectivity index (χ1) is 14.7. The maximum atomic E-state index is 13.4. The first-order valence-electron chi connectivity index (χ1n) is 8.63. The lowest BCUT2D eigenvalue weighted by Crippen LogP contribution is -2.10. The molecule has 0 aliphatic rings. The lowest BCUT2D eigenvalue weighted by atomic mass is 10.1. The van der Waals surface area contributed by atoms with E-state index in [9.17, 15) is 13.2 Å². The van der Waals surface area contributed by atoms with Gasteiger partial charge in [0.25, 0.3) is 5.95 Å². The number of halogens is 5. The Morgan fingerprint density at radius 2 is 1.77 bits per heavy atom. The van der Waals surface area contributed by atoms with Crippen molar-refractivity contribution in [3.8, 4) is 17.2 Å². The molecule has 4 rings (SSSR count). The van der Waals surface area contributed by atoms with Crippen LogP contribution in [0, 0.1) is 4.77 Å². The molecule has 2 aromatic heterocycles. The fraction of sp³-hybridized carbons (Fsp3) is 0.0526. The van der Waals surface area contributed by atoms with E-state index in [0.717, 1.165) is 20.8 Å². The van der Waals surface area contributed by atoms with E-state index in [1.54, 1.807) is 24.3 Å². The SMILES string of the molecule is FC(F)(F)c1cc(-c2ccc(Cl)cc2)n(-c2n[nH]c(=S)n2N=Cc2ccc(Br)cc2)n1. The van der Waals surface area contributed by atoms with Crippen molar-refractivity contribution in [2.24, 2.45) is 5.10 Å². The van der Waals surface area contributed by atoms with Gasteiger partial charge in [-0.1, -0.05) is 51.8 Å². The number of nitrogens with one attached hydrogen (secondary N) is 1. The fourth-order valence-corrected chi connectivity index (χ4v) is 3.26. The summed E-state index contributed by atoms with van der Waals surface area (Å²) < 4.78 is 43.4. The predicted octanol–water partition coefficient (Wildman–Crippen LogP) is 6.11. The van der Waals surface area contributed by atoms with E-state index in [1.165, 1.54) is 10.9 Å². The van der Waals surface area contributed by atoms with Gasteiger partial charge in [0, 0.05) is 15.1 Å². The normalized spacial score (nSPS) is 12.0. The molecule has 0 atom stereocenters. The van der Waals surface area contributed by atoms with Gasteiger partial charge in [0.1, 0.15) is 0 Å². The minimum Gasteiger partial charge on any atom is -0.248 e. The number of H-pyrrole nitrogens is 1. The van der Waals surface area contributed by atoms with Crippen LogP contribution in [-0.4, -0.2) is 30.9 Å². The Bertz CT molecular complexity index is 1310. The van der Waals surface area contributed by atoms with E-state index in [-0.39, 0.29) is 16.4 Å². The Morgan fingerprint density at radius 1 is 1.10 bits per heavy atom. The summed E-state index contributed by atoms with van der Waals surface area (Å²) in [6.07, 6.45) is -3.14. The van der Waals surface area contributed by atoms with Crippen molar-refractivity contribution >= 4 is 46.0 Å². The van der Waals surface area contributed by atoms with Gasteiger partial charge in [-0.2, -0.15) is 32.7 Å². The molecular formula is C19H11BrClF3N6S. The van der Waals surface area contributed by atoms with Crippen LogP contribution in [0.1, 0.15) is 11.3 Å². The molecule has 2 aromatic carbocycles. The third-order valence-corrected chi connectivity index (χ3v) is 5.20. The van der Waals surface area contributed by atoms with Crippen LogP contribution in [0.3, 0.4) is 0 Å². The summed E-state index contributed by atoms with van der Waals surface area (Å²) in [6, 6.07) is 14.5. The molecule has 6 nitrogen and oxygen atoms in total. The van der Waals surface area contributed by atoms with E-state index in [0.29, 0.717) is 10.6 Å². The number of benzene rings is 2. The monoisotopic (exact) mass is 526 g/mol. The number of rotatable bonds is 4. The average Bonchev–Trinajstić information content (AvgIpc) is 3.32. The molecule has 0 amide bonds. The van der Waals surface area contributed by atoms with Crippen molar-refractivity contribution in [1.82, 2.24) is 24.7 Å². The number of aromatic nitrogens is 5. The summed E-state index contributed by atoms with van der Waals surface area (Å²) in [5.41, 5.74) is 0.296. The lowest BCUT2D eigenvalue weighted by Gasteiger charge is -2.06. The quantitative estimate of drug-likeness (QED) is 0.257. The van der Waals surface area contributed by atoms with Crippen LogP contribution < -0.4 is 0 Å². The fourth-order valence-electron chi connectivity index (χ4n) is 2.70. The second kappa shape index (κ2) is 8.40. The Hall–Kier alpha value is -2.76. The maximum absolute atomic E-state index is 13.4. The summed E-state index contributed by atoms with van der Waals surface area (Å²) in [5.74, 6) is -0.0289. The molecule has 0 spiro atoms. The molecule has 0 fully saturated rings. The smallest absolute Gasteiger partial charge is 0.248 e. The van der Waals surface area contributed by atoms with Gasteiger partial charge in [0.05, 0.1) is 11.9 Å². The Labute approximate surface area is 192 Å². The first-order valence-corrected chi connectivity index (χ1v) is 10.2. The molecule has 1 N–H and O–H groups in total. The van der Waals surface area contributed by atoms with Gasteiger partial charge in [-0.05, 0) is 48.1 Å². The van der Waals surface area contributed by atoms with E-state index in [1.807, 2.05) is 24.3 Å². The highest BCUT2D eigenvalue weighted by Crippen LogP contribution is 2.33. The van der Waals surface area contributed by atoms with Gasteiger partial charge in [0.2, 0.25) is 4.77 Å². The number of hydrogen-bond donors (Lipinski definition) is 1. The third kappa shape index (κ3) is 4.63. The number of aromatic amines is 1. The molecule has 0 unspecified atom stereocenters. The van der Waals surface area contributed by atoms with Crippen molar-refractivity contribution in [2.45, 2.75) is 6.18 Å². The zero-order valence-corrected chi connectivity index (χ0v) is 18.5. The van der Waals surface area contributed by atoms with Gasteiger partial charge >= 0.3 is 6.18 Å². The largest absolute Gasteiger partial charge is 0.435 e. The van der Waals surface area contributed by atoms with Crippen molar-refractivity contribution in [3.05, 3.63) is 80.1 Å². The van der Waals surface area contributed by atoms with Crippen molar-refractivity contribution < 1.29 is 13.2 Å². The summed E-state index contributed by atoms with van der Waals surface area (Å²) in [7, 11) is 0. The Kier molecular flexibility index (Phi) is 5.82. The van der Waals surface area contributed by atoms with Crippen LogP contribution in [0.5, 0.6) is 0 Å². The standard InChI is InChI=1S/C19H11BrClF3N6S/c20-13-5-1-11(2-6-13)10-25-30-17(26-27-18(30)31)29-15(9-16(28-29)19(22,23)24)12-3-7-14(21)8-4-12/h1-10H,(H,27,31). The Balaban J connectivity index is 1.84. The van der Waals surface area contributed by atoms with E-state index in [4.69, 9.17) is 23.8 Å². The van der Waals surface area contributed by atoms with Gasteiger partial charge in [-0.3, -0.25) is 0 Å². The van der Waals surface area contributed by atoms with Crippen LogP contribution in [0.25, 0.3) is 17.2 Å². The first kappa shape index (κ1) is 21.5. The minimum absolute atomic E-state index is 0.0289. The van der Waals surface area contributed by atoms with E-state index >= 15 is 0 Å². The second-order valence-electron chi connectivity index (χ2n) is 6.27. The zero-order chi connectivity index (χ0) is 22.2. The van der Waals surface area contributed by atoms with Crippen molar-refractivity contribution in [3.63, 3.8) is 0 Å². The highest BCUT2D eigenvalue weighted by atomic mass is 79.9. The number of nitrogens with zero attached hydrogens (tertiary/aromatic N) is 5. The molecule has 0 aliphatic heterocycles. The van der Waals surface area contributed by atoms with Gasteiger partial charge in [-0.15, -0.1) is 5.10 Å². The highest BCUT2D eigenvalue weighted by Gasteiger charge is 2.36. The molecule has 158 valence electrons. The van der Waals surface area contributed by atoms with Crippen molar-refractivity contribution in [2.75, 3.05) is 0 Å². The molecule has 0 aliphatic carbocycles. The van der Waals surface area contributed by atoms with Crippen LogP contribution in [-0.2, 0) is 6.18 Å².